The van der Waals surface area contributed by atoms with Crippen LogP contribution < -0.4 is 0 Å². The van der Waals surface area contributed by atoms with Crippen molar-refractivity contribution in [2.45, 2.75) is 37.9 Å². The fourth-order valence-corrected chi connectivity index (χ4v) is 6.18. The van der Waals surface area contributed by atoms with Crippen LogP contribution in [0.15, 0.2) is 59.7 Å². The highest BCUT2D eigenvalue weighted by atomic mass is 16.5. The van der Waals surface area contributed by atoms with Crippen molar-refractivity contribution in [3.63, 3.8) is 0 Å². The van der Waals surface area contributed by atoms with Crippen LogP contribution in [0.2, 0.25) is 0 Å². The Balaban J connectivity index is 1.61. The van der Waals surface area contributed by atoms with Crippen LogP contribution in [0.25, 0.3) is 0 Å². The summed E-state index contributed by atoms with van der Waals surface area (Å²) in [5.41, 5.74) is 9.28. The highest BCUT2D eigenvalue weighted by Crippen LogP contribution is 2.75. The van der Waals surface area contributed by atoms with E-state index in [4.69, 9.17) is 4.74 Å². The van der Waals surface area contributed by atoms with Crippen molar-refractivity contribution in [3.05, 3.63) is 81.9 Å². The molecule has 114 valence electrons. The molecule has 4 aliphatic rings. The molecule has 1 nitrogen and oxygen atoms in total. The van der Waals surface area contributed by atoms with E-state index >= 15 is 0 Å². The first-order valence-electron chi connectivity index (χ1n) is 8.77. The standard InChI is InChI=1S/C22H20O/c1-11(2)16-17-12-7-3-4-8-13(12)18(16)20-19(17)21-14-9-5-6-10-15(14)22(20)23-21/h3-10,17-22H,1-2H3/t17-,18+,19+,20-,21+,22-. The molecule has 2 aliphatic heterocycles. The maximum absolute atomic E-state index is 6.53. The predicted octanol–water partition coefficient (Wildman–Crippen LogP) is 5.28. The predicted molar refractivity (Wildman–Crippen MR) is 90.3 cm³/mol. The van der Waals surface area contributed by atoms with Gasteiger partial charge in [-0.25, -0.2) is 0 Å². The van der Waals surface area contributed by atoms with Crippen LogP contribution in [0.5, 0.6) is 0 Å². The van der Waals surface area contributed by atoms with E-state index < -0.39 is 0 Å². The maximum atomic E-state index is 6.53. The Hall–Kier alpha value is -1.86. The molecular weight excluding hydrogens is 280 g/mol. The molecule has 2 heterocycles. The molecule has 0 aromatic heterocycles. The van der Waals surface area contributed by atoms with Crippen LogP contribution in [0, 0.1) is 11.8 Å². The van der Waals surface area contributed by atoms with Gasteiger partial charge in [-0.15, -0.1) is 0 Å². The molecule has 0 amide bonds. The molecule has 2 aromatic rings. The molecule has 23 heavy (non-hydrogen) atoms. The second-order valence-electron chi connectivity index (χ2n) is 7.80. The quantitative estimate of drug-likeness (QED) is 0.602. The molecule has 1 saturated heterocycles. The zero-order valence-electron chi connectivity index (χ0n) is 13.5. The summed E-state index contributed by atoms with van der Waals surface area (Å²) in [5, 5.41) is 0. The summed E-state index contributed by atoms with van der Waals surface area (Å²) in [5.74, 6) is 2.43. The summed E-state index contributed by atoms with van der Waals surface area (Å²) in [6.07, 6.45) is 0.609. The first kappa shape index (κ1) is 12.5. The van der Waals surface area contributed by atoms with Crippen molar-refractivity contribution in [1.29, 1.82) is 0 Å². The molecule has 4 bridgehead atoms. The molecule has 0 N–H and O–H groups in total. The van der Waals surface area contributed by atoms with E-state index in [-0.39, 0.29) is 0 Å². The van der Waals surface area contributed by atoms with Crippen molar-refractivity contribution < 1.29 is 4.74 Å². The van der Waals surface area contributed by atoms with Gasteiger partial charge in [0.25, 0.3) is 0 Å². The molecule has 2 fully saturated rings. The largest absolute Gasteiger partial charge is 0.365 e. The summed E-state index contributed by atoms with van der Waals surface area (Å²) in [4.78, 5) is 0. The SMILES string of the molecule is CC(C)=C1[C@@H]2c3ccccc3[C@H]1[C@H]1[C@@H]2[C@@H]2O[C@H]1c1ccccc12. The number of benzene rings is 2. The van der Waals surface area contributed by atoms with E-state index in [9.17, 15) is 0 Å². The average Bonchev–Trinajstić information content (AvgIpc) is 3.29. The molecule has 0 radical (unpaired) electrons. The minimum atomic E-state index is 0.305. The third kappa shape index (κ3) is 1.27. The summed E-state index contributed by atoms with van der Waals surface area (Å²) in [7, 11) is 0. The summed E-state index contributed by atoms with van der Waals surface area (Å²) in [6.45, 7) is 4.61. The van der Waals surface area contributed by atoms with Crippen LogP contribution in [-0.2, 0) is 4.74 Å². The van der Waals surface area contributed by atoms with Gasteiger partial charge >= 0.3 is 0 Å². The molecule has 6 atom stereocenters. The van der Waals surface area contributed by atoms with Gasteiger partial charge in [0.2, 0.25) is 0 Å². The van der Waals surface area contributed by atoms with Gasteiger partial charge in [0.1, 0.15) is 0 Å². The Morgan fingerprint density at radius 2 is 1.13 bits per heavy atom. The normalized spacial score (nSPS) is 37.7. The molecule has 1 saturated carbocycles. The number of rotatable bonds is 0. The van der Waals surface area contributed by atoms with E-state index in [1.54, 1.807) is 16.7 Å². The molecule has 2 aliphatic carbocycles. The Bertz CT molecular complexity index is 809. The van der Waals surface area contributed by atoms with Gasteiger partial charge < -0.3 is 4.74 Å². The number of ether oxygens (including phenoxy) is 1. The summed E-state index contributed by atoms with van der Waals surface area (Å²) in [6, 6.07) is 18.0. The highest BCUT2D eigenvalue weighted by Gasteiger charge is 2.66. The van der Waals surface area contributed by atoms with Gasteiger partial charge in [-0.3, -0.25) is 0 Å². The molecule has 6 rings (SSSR count). The number of hydrogen-bond acceptors (Lipinski definition) is 1. The van der Waals surface area contributed by atoms with Gasteiger partial charge in [-0.1, -0.05) is 59.7 Å². The molecule has 0 unspecified atom stereocenters. The lowest BCUT2D eigenvalue weighted by Gasteiger charge is -2.33. The van der Waals surface area contributed by atoms with Crippen molar-refractivity contribution in [2.24, 2.45) is 11.8 Å². The van der Waals surface area contributed by atoms with Crippen LogP contribution in [0.4, 0.5) is 0 Å². The van der Waals surface area contributed by atoms with Crippen LogP contribution >= 0.6 is 0 Å². The second kappa shape index (κ2) is 3.96. The number of hydrogen-bond donors (Lipinski definition) is 0. The Kier molecular flexibility index (Phi) is 2.16. The van der Waals surface area contributed by atoms with Gasteiger partial charge in [0.15, 0.2) is 0 Å². The lowest BCUT2D eigenvalue weighted by molar-refractivity contribution is 0.0490. The van der Waals surface area contributed by atoms with E-state index in [0.29, 0.717) is 35.9 Å². The second-order valence-corrected chi connectivity index (χ2v) is 7.80. The zero-order valence-corrected chi connectivity index (χ0v) is 13.5. The number of fused-ring (bicyclic) bond motifs is 15. The Morgan fingerprint density at radius 3 is 1.57 bits per heavy atom. The minimum Gasteiger partial charge on any atom is -0.365 e. The molecular formula is C22H20O. The van der Waals surface area contributed by atoms with Gasteiger partial charge in [0.05, 0.1) is 12.2 Å². The van der Waals surface area contributed by atoms with Crippen molar-refractivity contribution in [1.82, 2.24) is 0 Å². The van der Waals surface area contributed by atoms with Gasteiger partial charge in [0, 0.05) is 23.7 Å². The fourth-order valence-electron chi connectivity index (χ4n) is 6.18. The first-order chi connectivity index (χ1) is 11.3. The van der Waals surface area contributed by atoms with Crippen LogP contribution in [-0.4, -0.2) is 0 Å². The third-order valence-electron chi connectivity index (χ3n) is 6.73. The van der Waals surface area contributed by atoms with Gasteiger partial charge in [-0.2, -0.15) is 0 Å². The maximum Gasteiger partial charge on any atom is 0.0878 e. The van der Waals surface area contributed by atoms with E-state index in [0.717, 1.165) is 0 Å². The summed E-state index contributed by atoms with van der Waals surface area (Å²) < 4.78 is 6.53. The number of allylic oxidation sites excluding steroid dienone is 2. The molecule has 2 aromatic carbocycles. The van der Waals surface area contributed by atoms with Gasteiger partial charge in [-0.05, 0) is 36.1 Å². The Labute approximate surface area is 137 Å². The lowest BCUT2D eigenvalue weighted by atomic mass is 9.67. The Morgan fingerprint density at radius 1 is 0.696 bits per heavy atom. The van der Waals surface area contributed by atoms with E-state index in [1.807, 2.05) is 0 Å². The molecule has 0 spiro atoms. The van der Waals surface area contributed by atoms with Crippen molar-refractivity contribution >= 4 is 0 Å². The topological polar surface area (TPSA) is 9.23 Å². The van der Waals surface area contributed by atoms with Crippen LogP contribution in [0.3, 0.4) is 0 Å². The molecule has 1 heteroatoms. The third-order valence-corrected chi connectivity index (χ3v) is 6.73. The van der Waals surface area contributed by atoms with Crippen molar-refractivity contribution in [3.8, 4) is 0 Å². The summed E-state index contributed by atoms with van der Waals surface area (Å²) >= 11 is 0. The smallest absolute Gasteiger partial charge is 0.0878 e. The van der Waals surface area contributed by atoms with Crippen molar-refractivity contribution in [2.75, 3.05) is 0 Å². The average molecular weight is 300 g/mol. The highest BCUT2D eigenvalue weighted by molar-refractivity contribution is 5.59. The van der Waals surface area contributed by atoms with Crippen LogP contribution in [0.1, 0.15) is 60.1 Å². The lowest BCUT2D eigenvalue weighted by Crippen LogP contribution is -2.26. The first-order valence-corrected chi connectivity index (χ1v) is 8.77. The minimum absolute atomic E-state index is 0.305. The monoisotopic (exact) mass is 300 g/mol. The zero-order chi connectivity index (χ0) is 15.3. The van der Waals surface area contributed by atoms with E-state index in [2.05, 4.69) is 62.4 Å². The fraction of sp³-hybridized carbons (Fsp3) is 0.364. The van der Waals surface area contributed by atoms with E-state index in [1.165, 1.54) is 16.7 Å².